The van der Waals surface area contributed by atoms with E-state index in [9.17, 15) is 22.7 Å². The fraction of sp³-hybridized carbons (Fsp3) is 0.179. The van der Waals surface area contributed by atoms with E-state index in [1.54, 1.807) is 38.1 Å². The Hall–Kier alpha value is -3.66. The zero-order valence-corrected chi connectivity index (χ0v) is 22.5. The summed E-state index contributed by atoms with van der Waals surface area (Å²) >= 11 is 6.25. The van der Waals surface area contributed by atoms with Crippen molar-refractivity contribution < 1.29 is 27.4 Å². The highest BCUT2D eigenvalue weighted by Gasteiger charge is 2.22. The fourth-order valence-corrected chi connectivity index (χ4v) is 4.85. The smallest absolute Gasteiger partial charge is 0.257 e. The summed E-state index contributed by atoms with van der Waals surface area (Å²) in [6.45, 7) is 3.41. The van der Waals surface area contributed by atoms with Gasteiger partial charge in [0.15, 0.2) is 15.6 Å². The fourth-order valence-electron chi connectivity index (χ4n) is 4.06. The first-order valence-electron chi connectivity index (χ1n) is 11.7. The third kappa shape index (κ3) is 6.24. The van der Waals surface area contributed by atoms with Crippen LogP contribution in [-0.2, 0) is 16.3 Å². The molecule has 0 aliphatic heterocycles. The molecular formula is C28H26ClFN2O5S. The molecule has 0 saturated carbocycles. The molecule has 0 saturated heterocycles. The summed E-state index contributed by atoms with van der Waals surface area (Å²) in [6, 6.07) is 18.2. The molecule has 0 bridgehead atoms. The Labute approximate surface area is 225 Å². The van der Waals surface area contributed by atoms with Gasteiger partial charge < -0.3 is 19.7 Å². The number of carbonyl (C=O) groups excluding carboxylic acids is 1. The molecule has 4 rings (SSSR count). The monoisotopic (exact) mass is 556 g/mol. The molecule has 0 fully saturated rings. The number of hydrogen-bond acceptors (Lipinski definition) is 5. The molecule has 38 heavy (non-hydrogen) atoms. The van der Waals surface area contributed by atoms with Gasteiger partial charge in [-0.2, -0.15) is 0 Å². The highest BCUT2D eigenvalue weighted by Crippen LogP contribution is 2.35. The number of aromatic nitrogens is 1. The number of hydrogen-bond donors (Lipinski definition) is 2. The number of carbonyl (C=O) groups is 1. The molecule has 1 amide bonds. The lowest BCUT2D eigenvalue weighted by molar-refractivity contribution is 0.102. The minimum absolute atomic E-state index is 0.147. The predicted octanol–water partition coefficient (Wildman–Crippen LogP) is 5.95. The van der Waals surface area contributed by atoms with Crippen molar-refractivity contribution in [3.8, 4) is 17.2 Å². The van der Waals surface area contributed by atoms with Crippen molar-refractivity contribution in [3.05, 3.63) is 101 Å². The molecule has 4 aromatic rings. The Morgan fingerprint density at radius 3 is 2.34 bits per heavy atom. The SMILES string of the molecule is Cc1c(C(=O)Nc2ccc(S(C)(=O)=O)cc2)cc(C[C@H](C)O)n1-c1ccc(Cl)cc1Oc1ccc(F)cc1. The van der Waals surface area contributed by atoms with Gasteiger partial charge in [-0.3, -0.25) is 4.79 Å². The quantitative estimate of drug-likeness (QED) is 0.279. The molecule has 0 aliphatic rings. The van der Waals surface area contributed by atoms with Crippen LogP contribution in [0.4, 0.5) is 10.1 Å². The second-order valence-electron chi connectivity index (χ2n) is 8.94. The van der Waals surface area contributed by atoms with Gasteiger partial charge >= 0.3 is 0 Å². The zero-order chi connectivity index (χ0) is 27.6. The number of rotatable bonds is 8. The number of anilines is 1. The lowest BCUT2D eigenvalue weighted by Crippen LogP contribution is -2.13. The van der Waals surface area contributed by atoms with Gasteiger partial charge in [-0.1, -0.05) is 11.6 Å². The Bertz CT molecular complexity index is 1580. The van der Waals surface area contributed by atoms with Gasteiger partial charge in [0.25, 0.3) is 5.91 Å². The molecule has 198 valence electrons. The molecule has 1 heterocycles. The van der Waals surface area contributed by atoms with E-state index in [0.29, 0.717) is 44.8 Å². The van der Waals surface area contributed by atoms with Crippen LogP contribution in [0.1, 0.15) is 28.7 Å². The standard InChI is InChI=1S/C28H26ClFN2O5S/c1-17(33)14-22-16-25(28(34)31-21-7-11-24(12-8-21)38(3,35)36)18(2)32(22)26-13-4-19(29)15-27(26)37-23-9-5-20(30)6-10-23/h4-13,15-17,33H,14H2,1-3H3,(H,31,34)/t17-/m0/s1. The number of ether oxygens (including phenoxy) is 1. The number of amides is 1. The maximum atomic E-state index is 13.4. The van der Waals surface area contributed by atoms with E-state index < -0.39 is 27.7 Å². The second kappa shape index (κ2) is 11.0. The lowest BCUT2D eigenvalue weighted by atomic mass is 10.2. The largest absolute Gasteiger partial charge is 0.455 e. The van der Waals surface area contributed by atoms with Gasteiger partial charge in [0.1, 0.15) is 11.6 Å². The van der Waals surface area contributed by atoms with Crippen molar-refractivity contribution in [1.29, 1.82) is 0 Å². The van der Waals surface area contributed by atoms with Crippen molar-refractivity contribution in [2.75, 3.05) is 11.6 Å². The summed E-state index contributed by atoms with van der Waals surface area (Å²) in [5.74, 6) is -0.0359. The second-order valence-corrected chi connectivity index (χ2v) is 11.4. The van der Waals surface area contributed by atoms with E-state index in [-0.39, 0.29) is 11.3 Å². The van der Waals surface area contributed by atoms with Crippen molar-refractivity contribution in [2.45, 2.75) is 31.3 Å². The Morgan fingerprint density at radius 2 is 1.74 bits per heavy atom. The minimum Gasteiger partial charge on any atom is -0.455 e. The molecule has 3 aromatic carbocycles. The van der Waals surface area contributed by atoms with Crippen LogP contribution in [-0.4, -0.2) is 36.4 Å². The summed E-state index contributed by atoms with van der Waals surface area (Å²) in [5, 5.41) is 13.4. The summed E-state index contributed by atoms with van der Waals surface area (Å²) in [5.41, 5.74) is 2.59. The molecular weight excluding hydrogens is 531 g/mol. The van der Waals surface area contributed by atoms with Gasteiger partial charge in [0, 0.05) is 40.8 Å². The summed E-state index contributed by atoms with van der Waals surface area (Å²) in [7, 11) is -3.36. The Kier molecular flexibility index (Phi) is 7.91. The van der Waals surface area contributed by atoms with Crippen LogP contribution in [0.2, 0.25) is 5.02 Å². The number of aliphatic hydroxyl groups excluding tert-OH is 1. The summed E-state index contributed by atoms with van der Waals surface area (Å²) in [6.07, 6.45) is 0.660. The van der Waals surface area contributed by atoms with Crippen LogP contribution in [0.15, 0.2) is 77.7 Å². The maximum absolute atomic E-state index is 13.4. The van der Waals surface area contributed by atoms with Crippen LogP contribution in [0, 0.1) is 12.7 Å². The minimum atomic E-state index is -3.36. The predicted molar refractivity (Wildman–Crippen MR) is 145 cm³/mol. The van der Waals surface area contributed by atoms with E-state index in [1.807, 2.05) is 4.57 Å². The van der Waals surface area contributed by atoms with Gasteiger partial charge in [-0.15, -0.1) is 0 Å². The summed E-state index contributed by atoms with van der Waals surface area (Å²) < 4.78 is 44.7. The topological polar surface area (TPSA) is 97.6 Å². The van der Waals surface area contributed by atoms with E-state index >= 15 is 0 Å². The van der Waals surface area contributed by atoms with E-state index in [2.05, 4.69) is 5.32 Å². The molecule has 7 nitrogen and oxygen atoms in total. The van der Waals surface area contributed by atoms with Crippen molar-refractivity contribution >= 4 is 33.0 Å². The molecule has 10 heteroatoms. The Morgan fingerprint density at radius 1 is 1.08 bits per heavy atom. The third-order valence-electron chi connectivity index (χ3n) is 5.82. The van der Waals surface area contributed by atoms with Crippen LogP contribution in [0.3, 0.4) is 0 Å². The molecule has 1 atom stereocenters. The average molecular weight is 557 g/mol. The number of benzene rings is 3. The van der Waals surface area contributed by atoms with Gasteiger partial charge in [0.05, 0.1) is 22.3 Å². The highest BCUT2D eigenvalue weighted by atomic mass is 35.5. The van der Waals surface area contributed by atoms with Crippen LogP contribution >= 0.6 is 11.6 Å². The highest BCUT2D eigenvalue weighted by molar-refractivity contribution is 7.90. The number of nitrogens with one attached hydrogen (secondary N) is 1. The van der Waals surface area contributed by atoms with Gasteiger partial charge in [-0.25, -0.2) is 12.8 Å². The van der Waals surface area contributed by atoms with E-state index in [1.165, 1.54) is 48.5 Å². The molecule has 0 radical (unpaired) electrons. The molecule has 0 spiro atoms. The molecule has 0 aliphatic carbocycles. The van der Waals surface area contributed by atoms with Crippen LogP contribution < -0.4 is 10.1 Å². The van der Waals surface area contributed by atoms with E-state index in [4.69, 9.17) is 16.3 Å². The molecule has 0 unspecified atom stereocenters. The van der Waals surface area contributed by atoms with Gasteiger partial charge in [0.2, 0.25) is 0 Å². The lowest BCUT2D eigenvalue weighted by Gasteiger charge is -2.18. The van der Waals surface area contributed by atoms with Crippen molar-refractivity contribution in [3.63, 3.8) is 0 Å². The Balaban J connectivity index is 1.74. The first-order valence-corrected chi connectivity index (χ1v) is 13.9. The first-order chi connectivity index (χ1) is 17.9. The maximum Gasteiger partial charge on any atom is 0.257 e. The van der Waals surface area contributed by atoms with Crippen molar-refractivity contribution in [2.24, 2.45) is 0 Å². The van der Waals surface area contributed by atoms with Crippen LogP contribution in [0.25, 0.3) is 5.69 Å². The van der Waals surface area contributed by atoms with Crippen LogP contribution in [0.5, 0.6) is 11.5 Å². The summed E-state index contributed by atoms with van der Waals surface area (Å²) in [4.78, 5) is 13.4. The number of halogens is 2. The number of aliphatic hydroxyl groups is 1. The third-order valence-corrected chi connectivity index (χ3v) is 7.18. The number of nitrogens with zero attached hydrogens (tertiary/aromatic N) is 1. The van der Waals surface area contributed by atoms with Crippen molar-refractivity contribution in [1.82, 2.24) is 4.57 Å². The van der Waals surface area contributed by atoms with E-state index in [0.717, 1.165) is 6.26 Å². The number of sulfone groups is 1. The van der Waals surface area contributed by atoms with Gasteiger partial charge in [-0.05, 0) is 80.6 Å². The normalized spacial score (nSPS) is 12.3. The zero-order valence-electron chi connectivity index (χ0n) is 20.9. The average Bonchev–Trinajstić information content (AvgIpc) is 3.15. The molecule has 1 aromatic heterocycles. The first kappa shape index (κ1) is 27.4. The molecule has 2 N–H and O–H groups in total.